The Bertz CT molecular complexity index is 3220. The van der Waals surface area contributed by atoms with E-state index in [1.54, 1.807) is 53.3 Å². The first kappa shape index (κ1) is 67.6. The summed E-state index contributed by atoms with van der Waals surface area (Å²) in [5, 5.41) is 14.3. The first-order valence-corrected chi connectivity index (χ1v) is 32.7. The van der Waals surface area contributed by atoms with Crippen LogP contribution in [0, 0.1) is 23.5 Å². The maximum absolute atomic E-state index is 15.7. The first-order valence-electron chi connectivity index (χ1n) is 32.7. The Balaban J connectivity index is 0.00000199. The molecule has 0 spiro atoms. The number of benzene rings is 4. The zero-order chi connectivity index (χ0) is 63.4. The lowest BCUT2D eigenvalue weighted by Crippen LogP contribution is -2.57. The number of hydrogen-bond donors (Lipinski definition) is 3. The number of halogens is 2. The molecule has 4 saturated heterocycles. The molecule has 5 amide bonds. The molecule has 1 aliphatic carbocycles. The minimum atomic E-state index is -0.766. The number of piperidine rings is 2. The molecule has 10 rings (SSSR count). The van der Waals surface area contributed by atoms with E-state index in [0.717, 1.165) is 88.5 Å². The molecule has 4 aromatic carbocycles. The van der Waals surface area contributed by atoms with E-state index in [-0.39, 0.29) is 52.8 Å². The van der Waals surface area contributed by atoms with Gasteiger partial charge in [-0.3, -0.25) is 38.6 Å². The summed E-state index contributed by atoms with van der Waals surface area (Å²) in [6.07, 6.45) is 9.64. The fourth-order valence-corrected chi connectivity index (χ4v) is 13.0. The minimum absolute atomic E-state index is 0.0150. The van der Waals surface area contributed by atoms with Crippen molar-refractivity contribution in [3.05, 3.63) is 134 Å². The van der Waals surface area contributed by atoms with Crippen molar-refractivity contribution < 1.29 is 42.2 Å². The number of likely N-dealkylation sites (tertiary alicyclic amines) is 2. The smallest absolute Gasteiger partial charge is 0.272 e. The molecule has 1 aromatic heterocycles. The molecule has 18 nitrogen and oxygen atoms in total. The number of carbonyl (C=O) groups is 5. The van der Waals surface area contributed by atoms with Crippen LogP contribution in [0.5, 0.6) is 11.5 Å². The minimum Gasteiger partial charge on any atom is -0.497 e. The Morgan fingerprint density at radius 3 is 2.07 bits per heavy atom. The van der Waals surface area contributed by atoms with Crippen molar-refractivity contribution in [2.45, 2.75) is 124 Å². The molecule has 5 fully saturated rings. The van der Waals surface area contributed by atoms with Crippen molar-refractivity contribution in [1.29, 1.82) is 0 Å². The van der Waals surface area contributed by atoms with Crippen molar-refractivity contribution in [2.24, 2.45) is 11.8 Å². The number of carbonyl (C=O) groups excluding carboxylic acids is 5. The highest BCUT2D eigenvalue weighted by Gasteiger charge is 2.37. The lowest BCUT2D eigenvalue weighted by molar-refractivity contribution is -0.137. The average Bonchev–Trinajstić information content (AvgIpc) is 2.75. The summed E-state index contributed by atoms with van der Waals surface area (Å²) >= 11 is 0. The molecule has 0 bridgehead atoms. The van der Waals surface area contributed by atoms with E-state index >= 15 is 8.78 Å². The summed E-state index contributed by atoms with van der Waals surface area (Å²) in [4.78, 5) is 93.4. The van der Waals surface area contributed by atoms with Crippen LogP contribution < -0.4 is 25.7 Å². The summed E-state index contributed by atoms with van der Waals surface area (Å²) in [6, 6.07) is 21.1. The molecular formula is C69H94F2N10O8. The molecule has 5 aromatic rings. The molecule has 2 atom stereocenters. The summed E-state index contributed by atoms with van der Waals surface area (Å²) in [5.74, 6) is -0.714. The van der Waals surface area contributed by atoms with Crippen LogP contribution >= 0.6 is 0 Å². The van der Waals surface area contributed by atoms with Gasteiger partial charge in [0.15, 0.2) is 0 Å². The highest BCUT2D eigenvalue weighted by molar-refractivity contribution is 5.98. The fraction of sp³-hybridized carbons (Fsp3) is 0.551. The number of methoxy groups -OCH3 is 1. The molecule has 89 heavy (non-hydrogen) atoms. The number of nitrogens with one attached hydrogen (secondary N) is 3. The van der Waals surface area contributed by atoms with Gasteiger partial charge in [0.25, 0.3) is 17.4 Å². The van der Waals surface area contributed by atoms with E-state index in [2.05, 4.69) is 44.5 Å². The number of amides is 5. The highest BCUT2D eigenvalue weighted by Crippen LogP contribution is 2.32. The number of piperazine rings is 2. The number of rotatable bonds is 19. The van der Waals surface area contributed by atoms with Crippen LogP contribution in [0.4, 0.5) is 8.78 Å². The monoisotopic (exact) mass is 1230 g/mol. The van der Waals surface area contributed by atoms with Crippen LogP contribution in [0.3, 0.4) is 0 Å². The summed E-state index contributed by atoms with van der Waals surface area (Å²) in [6.45, 7) is 18.9. The molecule has 5 heterocycles. The Morgan fingerprint density at radius 1 is 0.685 bits per heavy atom. The SMILES string of the molecule is CC.CCC.CCOc1cc(OC)ccc1CNCC(=O)N1CCCC(c2ccc(F)c(C(=O)NC(C(=O)N3CCN(CC4CCN(CC(=O)N5CCN(C(=O)c6cc(Cc7n[nH]c(=O)c8ccccc78)ccc6F)CC5)CC4)CC3)C3CCCCC3)c2)C1. The van der Waals surface area contributed by atoms with Gasteiger partial charge in [-0.25, -0.2) is 13.9 Å². The Morgan fingerprint density at radius 2 is 1.36 bits per heavy atom. The van der Waals surface area contributed by atoms with Crippen LogP contribution in [-0.4, -0.2) is 187 Å². The molecule has 0 radical (unpaired) electrons. The fourth-order valence-electron chi connectivity index (χ4n) is 13.0. The molecule has 1 saturated carbocycles. The van der Waals surface area contributed by atoms with Gasteiger partial charge in [0.2, 0.25) is 17.7 Å². The van der Waals surface area contributed by atoms with Gasteiger partial charge >= 0.3 is 0 Å². The van der Waals surface area contributed by atoms with Gasteiger partial charge in [-0.15, -0.1) is 0 Å². The van der Waals surface area contributed by atoms with Crippen molar-refractivity contribution >= 4 is 40.3 Å². The predicted molar refractivity (Wildman–Crippen MR) is 342 cm³/mol. The van der Waals surface area contributed by atoms with Crippen LogP contribution in [0.25, 0.3) is 10.8 Å². The van der Waals surface area contributed by atoms with Crippen molar-refractivity contribution in [2.75, 3.05) is 112 Å². The molecular weight excluding hydrogens is 1130 g/mol. The Labute approximate surface area is 524 Å². The standard InChI is InChI=1S/C64H80F2N10O8.C3H8.C2H6/c1-3-84-57-37-49(83-2)18-16-47(57)38-67-39-58(77)76-23-9-12-48(41-76)46-17-20-54(65)52(36-46)61(79)68-60(45-10-5-4-6-11-45)64(82)75-28-26-72(27-29-75)40-43-21-24-71(25-22-43)42-59(78)73-30-32-74(33-31-73)63(81)53-34-44(15-19-55(53)66)35-56-50-13-7-8-14-51(50)62(80)70-69-56;1-3-2;1-2/h7-8,13-20,34,36-37,43,45,48,60,67H,3-6,9-12,21-33,35,38-42H2,1-2H3,(H,68,79)(H,70,80);3H2,1-2H3;1-2H3. The van der Waals surface area contributed by atoms with Gasteiger partial charge in [0, 0.05) is 108 Å². The lowest BCUT2D eigenvalue weighted by Gasteiger charge is -2.41. The summed E-state index contributed by atoms with van der Waals surface area (Å²) in [5.41, 5.74) is 2.59. The number of aromatic amines is 1. The first-order chi connectivity index (χ1) is 43.2. The maximum atomic E-state index is 15.7. The van der Waals surface area contributed by atoms with E-state index in [9.17, 15) is 28.8 Å². The second kappa shape index (κ2) is 33.5. The van der Waals surface area contributed by atoms with Gasteiger partial charge in [0.1, 0.15) is 29.2 Å². The number of fused-ring (bicyclic) bond motifs is 1. The van der Waals surface area contributed by atoms with E-state index in [4.69, 9.17) is 9.47 Å². The van der Waals surface area contributed by atoms with Gasteiger partial charge in [-0.1, -0.05) is 89.8 Å². The third-order valence-electron chi connectivity index (χ3n) is 17.9. The number of ether oxygens (including phenoxy) is 2. The van der Waals surface area contributed by atoms with Crippen molar-refractivity contribution in [1.82, 2.24) is 50.2 Å². The van der Waals surface area contributed by atoms with Crippen molar-refractivity contribution in [3.8, 4) is 11.5 Å². The highest BCUT2D eigenvalue weighted by atomic mass is 19.1. The maximum Gasteiger partial charge on any atom is 0.272 e. The second-order valence-corrected chi connectivity index (χ2v) is 24.0. The van der Waals surface area contributed by atoms with Crippen LogP contribution in [0.15, 0.2) is 83.7 Å². The summed E-state index contributed by atoms with van der Waals surface area (Å²) < 4.78 is 42.0. The molecule has 5 aliphatic rings. The predicted octanol–water partition coefficient (Wildman–Crippen LogP) is 8.66. The van der Waals surface area contributed by atoms with Gasteiger partial charge in [0.05, 0.1) is 49.0 Å². The van der Waals surface area contributed by atoms with E-state index in [0.29, 0.717) is 131 Å². The summed E-state index contributed by atoms with van der Waals surface area (Å²) in [7, 11) is 1.61. The van der Waals surface area contributed by atoms with Crippen LogP contribution in [0.2, 0.25) is 0 Å². The second-order valence-electron chi connectivity index (χ2n) is 24.0. The average molecular weight is 1230 g/mol. The number of H-pyrrole nitrogens is 1. The molecule has 2 unspecified atom stereocenters. The van der Waals surface area contributed by atoms with Crippen LogP contribution in [0.1, 0.15) is 148 Å². The van der Waals surface area contributed by atoms with E-state index in [1.807, 2.05) is 60.9 Å². The van der Waals surface area contributed by atoms with Gasteiger partial charge in [-0.2, -0.15) is 5.10 Å². The largest absolute Gasteiger partial charge is 0.497 e. The lowest BCUT2D eigenvalue weighted by atomic mass is 9.83. The topological polar surface area (TPSA) is 193 Å². The zero-order valence-corrected chi connectivity index (χ0v) is 53.3. The molecule has 3 N–H and O–H groups in total. The number of nitrogens with zero attached hydrogens (tertiary/aromatic N) is 7. The van der Waals surface area contributed by atoms with E-state index in [1.165, 1.54) is 18.6 Å². The number of aromatic nitrogens is 2. The number of hydrogen-bond acceptors (Lipinski definition) is 12. The molecule has 20 heteroatoms. The normalized spacial score (nSPS) is 18.3. The molecule has 4 aliphatic heterocycles. The zero-order valence-electron chi connectivity index (χ0n) is 53.3. The van der Waals surface area contributed by atoms with Gasteiger partial charge in [-0.05, 0) is 118 Å². The Hall–Kier alpha value is -7.29. The Kier molecular flexibility index (Phi) is 25.5. The quantitative estimate of drug-likeness (QED) is 0.0714. The molecule has 482 valence electrons. The third kappa shape index (κ3) is 18.0. The van der Waals surface area contributed by atoms with Crippen LogP contribution in [-0.2, 0) is 27.3 Å². The van der Waals surface area contributed by atoms with Gasteiger partial charge < -0.3 is 39.7 Å². The van der Waals surface area contributed by atoms with E-state index < -0.39 is 29.5 Å². The van der Waals surface area contributed by atoms with Crippen molar-refractivity contribution in [3.63, 3.8) is 0 Å². The third-order valence-corrected chi connectivity index (χ3v) is 17.9.